The van der Waals surface area contributed by atoms with Gasteiger partial charge in [-0.1, -0.05) is 0 Å². The lowest BCUT2D eigenvalue weighted by Gasteiger charge is -2.24. The van der Waals surface area contributed by atoms with Crippen molar-refractivity contribution in [2.45, 2.75) is 51.6 Å². The fraction of sp³-hybridized carbons (Fsp3) is 0.917. The summed E-state index contributed by atoms with van der Waals surface area (Å²) in [5.41, 5.74) is -0.0804. The highest BCUT2D eigenvalue weighted by Gasteiger charge is 2.42. The van der Waals surface area contributed by atoms with Crippen molar-refractivity contribution < 1.29 is 9.90 Å². The number of aliphatic hydroxyl groups is 1. The quantitative estimate of drug-likeness (QED) is 0.676. The van der Waals surface area contributed by atoms with E-state index < -0.39 is 0 Å². The summed E-state index contributed by atoms with van der Waals surface area (Å²) in [6, 6.07) is 0.141. The third kappa shape index (κ3) is 3.46. The van der Waals surface area contributed by atoms with Crippen LogP contribution in [0.3, 0.4) is 0 Å². The second kappa shape index (κ2) is 5.64. The number of carbonyl (C=O) groups excluding carboxylic acids is 1. The van der Waals surface area contributed by atoms with Gasteiger partial charge in [-0.15, -0.1) is 0 Å². The van der Waals surface area contributed by atoms with E-state index in [4.69, 9.17) is 0 Å². The first-order chi connectivity index (χ1) is 7.56. The molecule has 16 heavy (non-hydrogen) atoms. The van der Waals surface area contributed by atoms with Crippen LogP contribution in [0.4, 0.5) is 0 Å². The van der Waals surface area contributed by atoms with Crippen LogP contribution in [0.2, 0.25) is 0 Å². The predicted molar refractivity (Wildman–Crippen MR) is 64.2 cm³/mol. The minimum Gasteiger partial charge on any atom is -0.394 e. The molecule has 1 rings (SSSR count). The van der Waals surface area contributed by atoms with Crippen LogP contribution in [0, 0.1) is 0 Å². The molecule has 1 saturated carbocycles. The van der Waals surface area contributed by atoms with Gasteiger partial charge < -0.3 is 15.3 Å². The summed E-state index contributed by atoms with van der Waals surface area (Å²) in [5.74, 6) is 0.193. The smallest absolute Gasteiger partial charge is 0.224 e. The van der Waals surface area contributed by atoms with Crippen LogP contribution < -0.4 is 5.32 Å². The van der Waals surface area contributed by atoms with Crippen LogP contribution in [0.5, 0.6) is 0 Å². The number of nitrogens with zero attached hydrogens (tertiary/aromatic N) is 1. The van der Waals surface area contributed by atoms with Crippen LogP contribution in [0.1, 0.15) is 40.0 Å². The number of carbonyl (C=O) groups is 1. The summed E-state index contributed by atoms with van der Waals surface area (Å²) in [5, 5.41) is 12.5. The fourth-order valence-electron chi connectivity index (χ4n) is 2.04. The minimum atomic E-state index is -0.0804. The van der Waals surface area contributed by atoms with E-state index >= 15 is 0 Å². The minimum absolute atomic E-state index is 0.0804. The Balaban J connectivity index is 2.33. The molecule has 0 saturated heterocycles. The molecule has 0 aromatic carbocycles. The first-order valence-electron chi connectivity index (χ1n) is 6.23. The van der Waals surface area contributed by atoms with Gasteiger partial charge in [0.2, 0.25) is 5.91 Å². The predicted octanol–water partition coefficient (Wildman–Crippen LogP) is 0.748. The first-order valence-corrected chi connectivity index (χ1v) is 6.23. The van der Waals surface area contributed by atoms with Gasteiger partial charge in [0.25, 0.3) is 0 Å². The van der Waals surface area contributed by atoms with E-state index in [1.165, 1.54) is 0 Å². The van der Waals surface area contributed by atoms with Crippen molar-refractivity contribution in [1.29, 1.82) is 0 Å². The number of hydrogen-bond donors (Lipinski definition) is 2. The van der Waals surface area contributed by atoms with E-state index in [0.717, 1.165) is 25.9 Å². The molecule has 0 aromatic rings. The van der Waals surface area contributed by atoms with Gasteiger partial charge in [-0.25, -0.2) is 0 Å². The lowest BCUT2D eigenvalue weighted by atomic mass is 10.1. The highest BCUT2D eigenvalue weighted by Crippen LogP contribution is 2.35. The van der Waals surface area contributed by atoms with Crippen LogP contribution in [-0.2, 0) is 4.79 Å². The van der Waals surface area contributed by atoms with E-state index in [9.17, 15) is 9.90 Å². The Kier molecular flexibility index (Phi) is 4.74. The summed E-state index contributed by atoms with van der Waals surface area (Å²) in [6.45, 7) is 7.72. The molecule has 2 N–H and O–H groups in total. The van der Waals surface area contributed by atoms with E-state index in [-0.39, 0.29) is 24.1 Å². The van der Waals surface area contributed by atoms with Crippen molar-refractivity contribution >= 4 is 5.91 Å². The number of nitrogens with one attached hydrogen (secondary N) is 1. The summed E-state index contributed by atoms with van der Waals surface area (Å²) in [7, 11) is 0. The van der Waals surface area contributed by atoms with Crippen molar-refractivity contribution in [1.82, 2.24) is 10.2 Å². The van der Waals surface area contributed by atoms with Gasteiger partial charge >= 0.3 is 0 Å². The van der Waals surface area contributed by atoms with Crippen molar-refractivity contribution in [2.24, 2.45) is 0 Å². The molecule has 1 amide bonds. The van der Waals surface area contributed by atoms with E-state index in [0.29, 0.717) is 6.42 Å². The van der Waals surface area contributed by atoms with Gasteiger partial charge in [-0.05, 0) is 33.6 Å². The molecule has 94 valence electrons. The lowest BCUT2D eigenvalue weighted by Crippen LogP contribution is -2.44. The maximum atomic E-state index is 11.8. The average Bonchev–Trinajstić information content (AvgIpc) is 3.00. The molecule has 0 spiro atoms. The van der Waals surface area contributed by atoms with E-state index in [1.54, 1.807) is 0 Å². The van der Waals surface area contributed by atoms with Crippen molar-refractivity contribution in [2.75, 3.05) is 19.7 Å². The summed E-state index contributed by atoms with van der Waals surface area (Å²) < 4.78 is 0. The van der Waals surface area contributed by atoms with Crippen LogP contribution >= 0.6 is 0 Å². The molecule has 1 unspecified atom stereocenters. The molecule has 4 heteroatoms. The SMILES string of the molecule is CCN(CC)C(=O)CC(C)NC1(CO)CC1. The Morgan fingerprint density at radius 3 is 2.38 bits per heavy atom. The van der Waals surface area contributed by atoms with Gasteiger partial charge in [-0.3, -0.25) is 4.79 Å². The summed E-state index contributed by atoms with van der Waals surface area (Å²) in [6.07, 6.45) is 2.56. The van der Waals surface area contributed by atoms with Gasteiger partial charge in [0, 0.05) is 31.1 Å². The second-order valence-corrected chi connectivity index (χ2v) is 4.75. The molecule has 0 bridgehead atoms. The fourth-order valence-corrected chi connectivity index (χ4v) is 2.04. The summed E-state index contributed by atoms with van der Waals surface area (Å²) >= 11 is 0. The normalized spacial score (nSPS) is 19.2. The molecular formula is C12H24N2O2. The molecule has 0 aromatic heterocycles. The Morgan fingerprint density at radius 1 is 1.44 bits per heavy atom. The van der Waals surface area contributed by atoms with Crippen LogP contribution in [0.15, 0.2) is 0 Å². The van der Waals surface area contributed by atoms with E-state index in [1.807, 2.05) is 25.7 Å². The summed E-state index contributed by atoms with van der Waals surface area (Å²) in [4.78, 5) is 13.7. The highest BCUT2D eigenvalue weighted by molar-refractivity contribution is 5.76. The molecule has 0 aliphatic heterocycles. The maximum absolute atomic E-state index is 11.8. The Labute approximate surface area is 98.0 Å². The number of hydrogen-bond acceptors (Lipinski definition) is 3. The molecule has 0 heterocycles. The molecule has 1 atom stereocenters. The number of rotatable bonds is 7. The Bertz CT molecular complexity index is 235. The highest BCUT2D eigenvalue weighted by atomic mass is 16.3. The van der Waals surface area contributed by atoms with Crippen LogP contribution in [-0.4, -0.2) is 47.2 Å². The van der Waals surface area contributed by atoms with Crippen molar-refractivity contribution in [3.8, 4) is 0 Å². The third-order valence-corrected chi connectivity index (χ3v) is 3.31. The average molecular weight is 228 g/mol. The van der Waals surface area contributed by atoms with Crippen molar-refractivity contribution in [3.63, 3.8) is 0 Å². The van der Waals surface area contributed by atoms with Gasteiger partial charge in [0.05, 0.1) is 6.61 Å². The maximum Gasteiger partial charge on any atom is 0.224 e. The van der Waals surface area contributed by atoms with E-state index in [2.05, 4.69) is 5.32 Å². The first kappa shape index (κ1) is 13.5. The molecular weight excluding hydrogens is 204 g/mol. The molecule has 4 nitrogen and oxygen atoms in total. The Morgan fingerprint density at radius 2 is 2.00 bits per heavy atom. The number of amides is 1. The molecule has 1 aliphatic rings. The lowest BCUT2D eigenvalue weighted by molar-refractivity contribution is -0.131. The van der Waals surface area contributed by atoms with Crippen LogP contribution in [0.25, 0.3) is 0 Å². The second-order valence-electron chi connectivity index (χ2n) is 4.75. The standard InChI is InChI=1S/C12H24N2O2/c1-4-14(5-2)11(16)8-10(3)13-12(9-15)6-7-12/h10,13,15H,4-9H2,1-3H3. The molecule has 0 radical (unpaired) electrons. The zero-order valence-corrected chi connectivity index (χ0v) is 10.6. The van der Waals surface area contributed by atoms with Gasteiger partial charge in [0.1, 0.15) is 0 Å². The van der Waals surface area contributed by atoms with Gasteiger partial charge in [-0.2, -0.15) is 0 Å². The molecule has 1 fully saturated rings. The van der Waals surface area contributed by atoms with Crippen molar-refractivity contribution in [3.05, 3.63) is 0 Å². The number of aliphatic hydroxyl groups excluding tert-OH is 1. The monoisotopic (exact) mass is 228 g/mol. The Hall–Kier alpha value is -0.610. The molecule has 1 aliphatic carbocycles. The topological polar surface area (TPSA) is 52.6 Å². The van der Waals surface area contributed by atoms with Gasteiger partial charge in [0.15, 0.2) is 0 Å². The zero-order chi connectivity index (χ0) is 12.2. The largest absolute Gasteiger partial charge is 0.394 e. The third-order valence-electron chi connectivity index (χ3n) is 3.31. The zero-order valence-electron chi connectivity index (χ0n) is 10.6.